The summed E-state index contributed by atoms with van der Waals surface area (Å²) in [5.74, 6) is -3.36. The molecule has 2 aliphatic heterocycles. The minimum atomic E-state index is -1.12. The number of esters is 1. The molecule has 3 rings (SSSR count). The van der Waals surface area contributed by atoms with E-state index in [9.17, 15) is 24.0 Å². The van der Waals surface area contributed by atoms with Crippen LogP contribution in [0.2, 0.25) is 0 Å². The van der Waals surface area contributed by atoms with Crippen LogP contribution in [0.3, 0.4) is 0 Å². The Morgan fingerprint density at radius 3 is 2.25 bits per heavy atom. The number of ether oxygens (including phenoxy) is 1. The highest BCUT2D eigenvalue weighted by molar-refractivity contribution is 6.23. The zero-order valence-corrected chi connectivity index (χ0v) is 15.6. The van der Waals surface area contributed by atoms with Crippen LogP contribution in [0.5, 0.6) is 0 Å². The Bertz CT molecular complexity index is 830. The first-order chi connectivity index (χ1) is 13.2. The Kier molecular flexibility index (Phi) is 5.28. The first-order valence-electron chi connectivity index (χ1n) is 8.97. The highest BCUT2D eigenvalue weighted by atomic mass is 16.5. The smallest absolute Gasteiger partial charge is 0.324 e. The Hall–Kier alpha value is -3.07. The second-order valence-electron chi connectivity index (χ2n) is 7.10. The molecule has 1 saturated heterocycles. The van der Waals surface area contributed by atoms with Gasteiger partial charge in [0.1, 0.15) is 12.1 Å². The van der Waals surface area contributed by atoms with Crippen molar-refractivity contribution in [1.29, 1.82) is 0 Å². The molecular weight excluding hydrogens is 366 g/mol. The third-order valence-corrected chi connectivity index (χ3v) is 4.95. The van der Waals surface area contributed by atoms with Crippen LogP contribution in [-0.2, 0) is 19.1 Å². The number of carbonyl (C=O) groups is 5. The number of hydrogen-bond acceptors (Lipinski definition) is 7. The van der Waals surface area contributed by atoms with Crippen molar-refractivity contribution < 1.29 is 28.7 Å². The zero-order valence-electron chi connectivity index (χ0n) is 15.6. The Morgan fingerprint density at radius 2 is 1.71 bits per heavy atom. The summed E-state index contributed by atoms with van der Waals surface area (Å²) < 4.78 is 5.00. The van der Waals surface area contributed by atoms with E-state index in [1.165, 1.54) is 12.1 Å². The quantitative estimate of drug-likeness (QED) is 0.568. The highest BCUT2D eigenvalue weighted by Gasteiger charge is 2.47. The normalized spacial score (nSPS) is 20.6. The maximum Gasteiger partial charge on any atom is 0.324 e. The maximum absolute atomic E-state index is 12.8. The SMILES string of the molecule is CC(C)[C@H](N)C(=O)OCN1C(=O)CCC(N2C(=O)c3ccccc3C2=O)C1=O. The van der Waals surface area contributed by atoms with Gasteiger partial charge in [0.2, 0.25) is 5.91 Å². The van der Waals surface area contributed by atoms with Crippen molar-refractivity contribution in [1.82, 2.24) is 9.80 Å². The van der Waals surface area contributed by atoms with Crippen LogP contribution in [-0.4, -0.2) is 58.2 Å². The van der Waals surface area contributed by atoms with Gasteiger partial charge in [-0.2, -0.15) is 0 Å². The molecule has 1 aromatic carbocycles. The summed E-state index contributed by atoms with van der Waals surface area (Å²) in [4.78, 5) is 63.8. The van der Waals surface area contributed by atoms with Gasteiger partial charge in [-0.15, -0.1) is 0 Å². The van der Waals surface area contributed by atoms with E-state index in [-0.39, 0.29) is 29.9 Å². The summed E-state index contributed by atoms with van der Waals surface area (Å²) in [5.41, 5.74) is 6.14. The van der Waals surface area contributed by atoms with Gasteiger partial charge in [-0.25, -0.2) is 4.90 Å². The number of likely N-dealkylation sites (tertiary alicyclic amines) is 1. The van der Waals surface area contributed by atoms with E-state index in [4.69, 9.17) is 10.5 Å². The molecule has 2 aliphatic rings. The number of rotatable bonds is 5. The first kappa shape index (κ1) is 19.7. The van der Waals surface area contributed by atoms with Crippen LogP contribution >= 0.6 is 0 Å². The summed E-state index contributed by atoms with van der Waals surface area (Å²) in [7, 11) is 0. The standard InChI is InChI=1S/C19H21N3O6/c1-10(2)15(20)19(27)28-9-21-14(23)8-7-13(18(21)26)22-16(24)11-5-3-4-6-12(11)17(22)25/h3-6,10,13,15H,7-9,20H2,1-2H3/t13?,15-/m0/s1. The molecule has 0 spiro atoms. The van der Waals surface area contributed by atoms with E-state index >= 15 is 0 Å². The van der Waals surface area contributed by atoms with Crippen LogP contribution in [0.25, 0.3) is 0 Å². The van der Waals surface area contributed by atoms with Gasteiger partial charge < -0.3 is 10.5 Å². The number of nitrogens with two attached hydrogens (primary N) is 1. The molecule has 0 aliphatic carbocycles. The Balaban J connectivity index is 1.76. The van der Waals surface area contributed by atoms with E-state index in [1.54, 1.807) is 26.0 Å². The molecule has 1 unspecified atom stereocenters. The van der Waals surface area contributed by atoms with E-state index in [0.29, 0.717) is 0 Å². The van der Waals surface area contributed by atoms with Gasteiger partial charge >= 0.3 is 5.97 Å². The van der Waals surface area contributed by atoms with Gasteiger partial charge in [-0.1, -0.05) is 26.0 Å². The van der Waals surface area contributed by atoms with E-state index < -0.39 is 48.4 Å². The van der Waals surface area contributed by atoms with Gasteiger partial charge in [-0.05, 0) is 24.5 Å². The van der Waals surface area contributed by atoms with Gasteiger partial charge in [0.25, 0.3) is 17.7 Å². The van der Waals surface area contributed by atoms with Crippen molar-refractivity contribution in [2.75, 3.05) is 6.73 Å². The van der Waals surface area contributed by atoms with Gasteiger partial charge in [0.05, 0.1) is 11.1 Å². The second-order valence-corrected chi connectivity index (χ2v) is 7.10. The topological polar surface area (TPSA) is 127 Å². The average Bonchev–Trinajstić information content (AvgIpc) is 2.92. The minimum absolute atomic E-state index is 0.0269. The summed E-state index contributed by atoms with van der Waals surface area (Å²) in [6, 6.07) is 4.28. The molecule has 0 aromatic heterocycles. The number of amides is 4. The molecule has 0 bridgehead atoms. The lowest BCUT2D eigenvalue weighted by atomic mass is 10.0. The molecular formula is C19H21N3O6. The lowest BCUT2D eigenvalue weighted by molar-refractivity contribution is -0.164. The molecule has 28 heavy (non-hydrogen) atoms. The fourth-order valence-corrected chi connectivity index (χ4v) is 3.18. The van der Waals surface area contributed by atoms with Crippen molar-refractivity contribution >= 4 is 29.6 Å². The summed E-state index contributed by atoms with van der Waals surface area (Å²) in [6.45, 7) is 2.87. The number of carbonyl (C=O) groups excluding carboxylic acids is 5. The maximum atomic E-state index is 12.8. The molecule has 1 aromatic rings. The van der Waals surface area contributed by atoms with Crippen LogP contribution in [0, 0.1) is 5.92 Å². The number of hydrogen-bond donors (Lipinski definition) is 1. The summed E-state index contributed by atoms with van der Waals surface area (Å²) >= 11 is 0. The van der Waals surface area contributed by atoms with Crippen LogP contribution < -0.4 is 5.73 Å². The zero-order chi connectivity index (χ0) is 20.6. The summed E-state index contributed by atoms with van der Waals surface area (Å²) in [5, 5.41) is 0. The van der Waals surface area contributed by atoms with Crippen molar-refractivity contribution in [3.05, 3.63) is 35.4 Å². The predicted molar refractivity (Wildman–Crippen MR) is 95.6 cm³/mol. The number of piperidine rings is 1. The Morgan fingerprint density at radius 1 is 1.14 bits per heavy atom. The lowest BCUT2D eigenvalue weighted by Gasteiger charge is -2.34. The van der Waals surface area contributed by atoms with E-state index in [1.807, 2.05) is 0 Å². The predicted octanol–water partition coefficient (Wildman–Crippen LogP) is 0.284. The molecule has 148 valence electrons. The van der Waals surface area contributed by atoms with E-state index in [0.717, 1.165) is 9.80 Å². The highest BCUT2D eigenvalue weighted by Crippen LogP contribution is 2.29. The molecule has 0 saturated carbocycles. The van der Waals surface area contributed by atoms with Gasteiger partial charge in [0.15, 0.2) is 6.73 Å². The van der Waals surface area contributed by atoms with Crippen molar-refractivity contribution in [3.8, 4) is 0 Å². The molecule has 9 heteroatoms. The minimum Gasteiger partial charge on any atom is -0.443 e. The molecule has 4 amide bonds. The third kappa shape index (κ3) is 3.29. The average molecular weight is 387 g/mol. The van der Waals surface area contributed by atoms with E-state index in [2.05, 4.69) is 0 Å². The second kappa shape index (κ2) is 7.51. The summed E-state index contributed by atoms with van der Waals surface area (Å²) in [6.07, 6.45) is -0.0311. The Labute approximate surface area is 161 Å². The molecule has 0 radical (unpaired) electrons. The largest absolute Gasteiger partial charge is 0.443 e. The number of nitrogens with zero attached hydrogens (tertiary/aromatic N) is 2. The number of fused-ring (bicyclic) bond motifs is 1. The van der Waals surface area contributed by atoms with Crippen LogP contribution in [0.15, 0.2) is 24.3 Å². The molecule has 2 N–H and O–H groups in total. The van der Waals surface area contributed by atoms with Gasteiger partial charge in [-0.3, -0.25) is 28.9 Å². The molecule has 2 heterocycles. The molecule has 1 fully saturated rings. The monoisotopic (exact) mass is 387 g/mol. The van der Waals surface area contributed by atoms with Crippen LogP contribution in [0.1, 0.15) is 47.4 Å². The number of benzene rings is 1. The lowest BCUT2D eigenvalue weighted by Crippen LogP contribution is -2.56. The fraction of sp³-hybridized carbons (Fsp3) is 0.421. The van der Waals surface area contributed by atoms with Crippen molar-refractivity contribution in [2.24, 2.45) is 11.7 Å². The van der Waals surface area contributed by atoms with Crippen LogP contribution in [0.4, 0.5) is 0 Å². The number of imide groups is 2. The fourth-order valence-electron chi connectivity index (χ4n) is 3.18. The van der Waals surface area contributed by atoms with Crippen molar-refractivity contribution in [2.45, 2.75) is 38.8 Å². The van der Waals surface area contributed by atoms with Gasteiger partial charge in [0, 0.05) is 6.42 Å². The molecule has 2 atom stereocenters. The van der Waals surface area contributed by atoms with Crippen molar-refractivity contribution in [3.63, 3.8) is 0 Å². The molecule has 9 nitrogen and oxygen atoms in total. The first-order valence-corrected chi connectivity index (χ1v) is 8.97. The third-order valence-electron chi connectivity index (χ3n) is 4.95.